The van der Waals surface area contributed by atoms with E-state index in [1.807, 2.05) is 32.6 Å². The zero-order valence-corrected chi connectivity index (χ0v) is 39.0. The van der Waals surface area contributed by atoms with Crippen molar-refractivity contribution in [3.8, 4) is 0 Å². The second kappa shape index (κ2) is 19.3. The van der Waals surface area contributed by atoms with E-state index in [0.29, 0.717) is 58.7 Å². The number of anilines is 6. The first kappa shape index (κ1) is 49.8. The monoisotopic (exact) mass is 980 g/mol. The molecule has 4 fully saturated rings. The van der Waals surface area contributed by atoms with Crippen LogP contribution in [0.4, 0.5) is 74.3 Å². The fourth-order valence-electron chi connectivity index (χ4n) is 10.5. The van der Waals surface area contributed by atoms with Gasteiger partial charge in [-0.1, -0.05) is 27.7 Å². The van der Waals surface area contributed by atoms with Gasteiger partial charge in [0, 0.05) is 74.6 Å². The van der Waals surface area contributed by atoms with E-state index in [1.165, 1.54) is 12.1 Å². The maximum Gasteiger partial charge on any atom is 0.396 e. The zero-order valence-electron chi connectivity index (χ0n) is 39.0. The Balaban J connectivity index is 0.905. The molecule has 2 unspecified atom stereocenters. The molecule has 2 N–H and O–H groups in total. The van der Waals surface area contributed by atoms with Crippen molar-refractivity contribution in [2.75, 3.05) is 82.6 Å². The van der Waals surface area contributed by atoms with Crippen molar-refractivity contribution in [1.29, 1.82) is 0 Å². The van der Waals surface area contributed by atoms with Gasteiger partial charge in [0.2, 0.25) is 0 Å². The van der Waals surface area contributed by atoms with E-state index in [1.54, 1.807) is 14.7 Å². The third-order valence-electron chi connectivity index (χ3n) is 14.9. The van der Waals surface area contributed by atoms with E-state index in [0.717, 1.165) is 56.7 Å². The highest BCUT2D eigenvalue weighted by atomic mass is 19.4. The smallest absolute Gasteiger partial charge is 0.396 e. The fourth-order valence-corrected chi connectivity index (χ4v) is 10.5. The number of amides is 2. The van der Waals surface area contributed by atoms with Gasteiger partial charge in [-0.15, -0.1) is 0 Å². The summed E-state index contributed by atoms with van der Waals surface area (Å²) in [7, 11) is 0. The number of nitrogens with one attached hydrogen (secondary N) is 2. The average Bonchev–Trinajstić information content (AvgIpc) is 3.86. The van der Waals surface area contributed by atoms with Gasteiger partial charge in [0.05, 0.1) is 5.69 Å². The zero-order chi connectivity index (χ0) is 49.6. The van der Waals surface area contributed by atoms with Gasteiger partial charge in [0.15, 0.2) is 23.0 Å². The second-order valence-electron chi connectivity index (χ2n) is 19.3. The maximum atomic E-state index is 15.9. The number of piperidine rings is 2. The van der Waals surface area contributed by atoms with Crippen molar-refractivity contribution in [3.63, 3.8) is 0 Å². The summed E-state index contributed by atoms with van der Waals surface area (Å²) in [6.07, 6.45) is -6.27. The van der Waals surface area contributed by atoms with Gasteiger partial charge >= 0.3 is 12.4 Å². The molecule has 4 saturated heterocycles. The molecule has 4 aliphatic heterocycles. The Labute approximate surface area is 394 Å². The third kappa shape index (κ3) is 10.8. The van der Waals surface area contributed by atoms with Gasteiger partial charge in [-0.25, -0.2) is 13.2 Å². The summed E-state index contributed by atoms with van der Waals surface area (Å²) in [5.74, 6) is -6.11. The molecular weight excluding hydrogens is 924 g/mol. The van der Waals surface area contributed by atoms with E-state index in [9.17, 15) is 35.9 Å². The van der Waals surface area contributed by atoms with Crippen molar-refractivity contribution in [3.05, 3.63) is 70.7 Å². The lowest BCUT2D eigenvalue weighted by Crippen LogP contribution is -2.56. The van der Waals surface area contributed by atoms with Crippen LogP contribution in [0, 0.1) is 40.1 Å². The first-order valence-electron chi connectivity index (χ1n) is 23.7. The van der Waals surface area contributed by atoms with Gasteiger partial charge in [-0.3, -0.25) is 9.59 Å². The molecule has 2 atom stereocenters. The molecular formula is C48H57F9N8O4. The Morgan fingerprint density at radius 1 is 0.623 bits per heavy atom. The van der Waals surface area contributed by atoms with Crippen molar-refractivity contribution in [2.24, 2.45) is 22.7 Å². The number of carbonyl (C=O) groups is 2. The standard InChI is InChI=1S/C48H57F9N8O4/c1-5-45(6-2)24-64(25-45)43-60-38(36(68-43)20-47(52,53)54)41(66)58-30-13-14-35(32(49)17-30)62-15-9-11-28(22-62)29-12-10-16-63(23-29)40-33(50)18-31(19-34(40)51)59-42(67)39-37(21-48(55,56)57)69-44(61-39)65-26-46(7-3,8-4)27-65/h13-14,17-19,28-29H,5-12,15-16,20-27H2,1-4H3,(H,58,66)(H,59,67). The predicted octanol–water partition coefficient (Wildman–Crippen LogP) is 11.2. The molecule has 4 aliphatic rings. The minimum absolute atomic E-state index is 0.000446. The molecule has 2 aromatic carbocycles. The van der Waals surface area contributed by atoms with Gasteiger partial charge in [-0.05, 0) is 93.5 Å². The molecule has 6 heterocycles. The number of halogens is 9. The van der Waals surface area contributed by atoms with Crippen molar-refractivity contribution in [2.45, 2.75) is 104 Å². The molecule has 0 spiro atoms. The Morgan fingerprint density at radius 3 is 1.48 bits per heavy atom. The molecule has 21 heteroatoms. The van der Waals surface area contributed by atoms with Crippen LogP contribution in [-0.4, -0.2) is 86.5 Å². The number of nitrogens with zero attached hydrogens (tertiary/aromatic N) is 6. The van der Waals surface area contributed by atoms with Gasteiger partial charge in [-0.2, -0.15) is 36.3 Å². The number of benzene rings is 2. The summed E-state index contributed by atoms with van der Waals surface area (Å²) in [4.78, 5) is 41.8. The molecule has 4 aromatic rings. The van der Waals surface area contributed by atoms with E-state index in [-0.39, 0.29) is 64.0 Å². The molecule has 0 bridgehead atoms. The number of aromatic nitrogens is 2. The van der Waals surface area contributed by atoms with Crippen LogP contribution in [0.2, 0.25) is 0 Å². The summed E-state index contributed by atoms with van der Waals surface area (Å²) < 4.78 is 140. The summed E-state index contributed by atoms with van der Waals surface area (Å²) in [5.41, 5.74) is -1.60. The molecule has 376 valence electrons. The Morgan fingerprint density at radius 2 is 1.04 bits per heavy atom. The molecule has 2 aromatic heterocycles. The second-order valence-corrected chi connectivity index (χ2v) is 19.3. The van der Waals surface area contributed by atoms with E-state index < -0.39 is 77.4 Å². The van der Waals surface area contributed by atoms with Gasteiger partial charge < -0.3 is 39.1 Å². The lowest BCUT2D eigenvalue weighted by molar-refractivity contribution is -0.131. The number of hydrogen-bond acceptors (Lipinski definition) is 10. The number of hydrogen-bond donors (Lipinski definition) is 2. The van der Waals surface area contributed by atoms with Crippen LogP contribution in [0.1, 0.15) is 112 Å². The molecule has 0 saturated carbocycles. The number of oxazole rings is 2. The lowest BCUT2D eigenvalue weighted by atomic mass is 9.75. The van der Waals surface area contributed by atoms with Crippen LogP contribution in [-0.2, 0) is 12.8 Å². The van der Waals surface area contributed by atoms with Crippen molar-refractivity contribution < 1.29 is 57.9 Å². The maximum absolute atomic E-state index is 15.9. The van der Waals surface area contributed by atoms with Crippen LogP contribution in [0.25, 0.3) is 0 Å². The first-order valence-corrected chi connectivity index (χ1v) is 23.7. The number of alkyl halides is 6. The van der Waals surface area contributed by atoms with Gasteiger partial charge in [0.1, 0.15) is 35.9 Å². The third-order valence-corrected chi connectivity index (χ3v) is 14.9. The Hall–Kier alpha value is -5.63. The molecule has 2 amide bonds. The minimum Gasteiger partial charge on any atom is -0.427 e. The minimum atomic E-state index is -4.72. The van der Waals surface area contributed by atoms with Crippen LogP contribution in [0.5, 0.6) is 0 Å². The highest BCUT2D eigenvalue weighted by Crippen LogP contribution is 2.43. The SMILES string of the molecule is CCC1(CC)CN(c2nc(C(=O)Nc3ccc(N4CCCC(C5CCCN(c6c(F)cc(NC(=O)c7nc(N8CC(CC)(CC)C8)oc7CC(F)(F)F)cc6F)C5)C4)c(F)c3)c(CC(F)(F)F)o2)C1. The molecule has 0 aliphatic carbocycles. The topological polar surface area (TPSA) is 123 Å². The first-order chi connectivity index (χ1) is 32.6. The molecule has 0 radical (unpaired) electrons. The van der Waals surface area contributed by atoms with Crippen LogP contribution in [0.3, 0.4) is 0 Å². The summed E-state index contributed by atoms with van der Waals surface area (Å²) >= 11 is 0. The quantitative estimate of drug-likeness (QED) is 0.111. The number of rotatable bonds is 15. The Kier molecular flexibility index (Phi) is 13.9. The Bertz CT molecular complexity index is 2480. The van der Waals surface area contributed by atoms with Crippen LogP contribution < -0.4 is 30.2 Å². The number of carbonyl (C=O) groups excluding carboxylic acids is 2. The van der Waals surface area contributed by atoms with Crippen LogP contribution in [0.15, 0.2) is 39.2 Å². The van der Waals surface area contributed by atoms with Crippen LogP contribution >= 0.6 is 0 Å². The summed E-state index contributed by atoms with van der Waals surface area (Å²) in [6, 6.07) is 5.65. The van der Waals surface area contributed by atoms with E-state index >= 15 is 13.2 Å². The van der Waals surface area contributed by atoms with Crippen molar-refractivity contribution in [1.82, 2.24) is 9.97 Å². The molecule has 12 nitrogen and oxygen atoms in total. The molecule has 8 rings (SSSR count). The fraction of sp³-hybridized carbons (Fsp3) is 0.583. The largest absolute Gasteiger partial charge is 0.427 e. The van der Waals surface area contributed by atoms with E-state index in [2.05, 4.69) is 20.6 Å². The lowest BCUT2D eigenvalue weighted by Gasteiger charge is -2.49. The predicted molar refractivity (Wildman–Crippen MR) is 242 cm³/mol. The molecule has 69 heavy (non-hydrogen) atoms. The van der Waals surface area contributed by atoms with Crippen molar-refractivity contribution >= 4 is 46.6 Å². The van der Waals surface area contributed by atoms with E-state index in [4.69, 9.17) is 8.83 Å². The normalized spacial score (nSPS) is 20.4. The summed E-state index contributed by atoms with van der Waals surface area (Å²) in [5, 5.41) is 4.78. The highest BCUT2D eigenvalue weighted by Gasteiger charge is 2.45. The van der Waals surface area contributed by atoms with Gasteiger partial charge in [0.25, 0.3) is 23.8 Å². The highest BCUT2D eigenvalue weighted by molar-refractivity contribution is 6.04. The summed E-state index contributed by atoms with van der Waals surface area (Å²) in [6.45, 7) is 11.7. The average molecular weight is 981 g/mol.